The van der Waals surface area contributed by atoms with Crippen LogP contribution < -0.4 is 21.9 Å². The highest BCUT2D eigenvalue weighted by atomic mass is 16.2. The third-order valence-electron chi connectivity index (χ3n) is 4.27. The lowest BCUT2D eigenvalue weighted by Crippen LogP contribution is -2.31. The van der Waals surface area contributed by atoms with E-state index in [0.29, 0.717) is 30.8 Å². The predicted molar refractivity (Wildman–Crippen MR) is 110 cm³/mol. The number of fused-ring (bicyclic) bond motifs is 1. The van der Waals surface area contributed by atoms with Crippen molar-refractivity contribution in [3.63, 3.8) is 0 Å². The normalized spacial score (nSPS) is 10.7. The molecule has 2 aromatic heterocycles. The van der Waals surface area contributed by atoms with E-state index in [4.69, 9.17) is 0 Å². The fourth-order valence-corrected chi connectivity index (χ4v) is 2.85. The number of nitrogens with one attached hydrogen (secondary N) is 3. The molecule has 0 aliphatic rings. The van der Waals surface area contributed by atoms with E-state index in [2.05, 4.69) is 20.6 Å². The summed E-state index contributed by atoms with van der Waals surface area (Å²) < 4.78 is 1.37. The van der Waals surface area contributed by atoms with Crippen molar-refractivity contribution in [2.45, 2.75) is 33.2 Å². The number of benzene rings is 1. The van der Waals surface area contributed by atoms with Crippen molar-refractivity contribution in [3.8, 4) is 0 Å². The average molecular weight is 395 g/mol. The number of H-pyrrole nitrogens is 1. The van der Waals surface area contributed by atoms with Gasteiger partial charge in [0.2, 0.25) is 5.91 Å². The highest BCUT2D eigenvalue weighted by Crippen LogP contribution is 2.17. The molecule has 150 valence electrons. The van der Waals surface area contributed by atoms with Gasteiger partial charge in [0.25, 0.3) is 11.5 Å². The molecule has 0 atom stereocenters. The highest BCUT2D eigenvalue weighted by molar-refractivity contribution is 6.06. The molecular weight excluding hydrogens is 374 g/mol. The molecule has 0 saturated carbocycles. The van der Waals surface area contributed by atoms with Crippen LogP contribution >= 0.6 is 0 Å². The molecule has 0 saturated heterocycles. The van der Waals surface area contributed by atoms with E-state index < -0.39 is 17.2 Å². The van der Waals surface area contributed by atoms with E-state index in [0.717, 1.165) is 0 Å². The maximum atomic E-state index is 12.6. The van der Waals surface area contributed by atoms with Gasteiger partial charge in [-0.1, -0.05) is 19.9 Å². The number of carbonyl (C=O) groups excluding carboxylic acids is 2. The zero-order valence-corrected chi connectivity index (χ0v) is 16.1. The summed E-state index contributed by atoms with van der Waals surface area (Å²) in [6, 6.07) is 8.14. The van der Waals surface area contributed by atoms with Gasteiger partial charge in [-0.05, 0) is 30.7 Å². The van der Waals surface area contributed by atoms with Crippen LogP contribution in [0.4, 0.5) is 11.4 Å². The van der Waals surface area contributed by atoms with E-state index in [-0.39, 0.29) is 22.5 Å². The number of aromatic nitrogens is 3. The molecule has 2 heterocycles. The second kappa shape index (κ2) is 8.51. The van der Waals surface area contributed by atoms with Gasteiger partial charge in [0.15, 0.2) is 0 Å². The zero-order chi connectivity index (χ0) is 21.0. The summed E-state index contributed by atoms with van der Waals surface area (Å²) in [6.45, 7) is 4.05. The molecule has 0 spiro atoms. The Morgan fingerprint density at radius 2 is 1.83 bits per heavy atom. The van der Waals surface area contributed by atoms with Crippen LogP contribution in [0.25, 0.3) is 11.0 Å². The Hall–Kier alpha value is -3.75. The van der Waals surface area contributed by atoms with Gasteiger partial charge in [-0.2, -0.15) is 0 Å². The second-order valence-corrected chi connectivity index (χ2v) is 6.44. The van der Waals surface area contributed by atoms with E-state index in [1.807, 2.05) is 6.92 Å². The van der Waals surface area contributed by atoms with Gasteiger partial charge in [-0.3, -0.25) is 23.9 Å². The number of rotatable bonds is 6. The van der Waals surface area contributed by atoms with Crippen molar-refractivity contribution in [2.75, 3.05) is 10.6 Å². The van der Waals surface area contributed by atoms with Crippen LogP contribution in [0.3, 0.4) is 0 Å². The highest BCUT2D eigenvalue weighted by Gasteiger charge is 2.13. The summed E-state index contributed by atoms with van der Waals surface area (Å²) in [5, 5.41) is 5.60. The number of hydrogen-bond acceptors (Lipinski definition) is 5. The van der Waals surface area contributed by atoms with Crippen molar-refractivity contribution in [3.05, 3.63) is 62.9 Å². The number of aryl methyl sites for hydroxylation is 1. The van der Waals surface area contributed by atoms with Gasteiger partial charge >= 0.3 is 5.69 Å². The third kappa shape index (κ3) is 4.40. The Balaban J connectivity index is 1.90. The lowest BCUT2D eigenvalue weighted by atomic mass is 10.2. The van der Waals surface area contributed by atoms with Crippen LogP contribution in [0.15, 0.2) is 46.1 Å². The molecule has 3 rings (SSSR count). The summed E-state index contributed by atoms with van der Waals surface area (Å²) in [7, 11) is 0. The molecule has 0 fully saturated rings. The standard InChI is InChI=1S/C20H21N5O4/c1-3-8-25-17-15(19(28)24-20(25)29)9-12(11-21-17)18(27)23-14-7-5-6-13(10-14)22-16(26)4-2/h5-7,9-11H,3-4,8H2,1-2H3,(H,22,26)(H,23,27)(H,24,28,29). The quantitative estimate of drug-likeness (QED) is 0.589. The van der Waals surface area contributed by atoms with E-state index in [9.17, 15) is 19.2 Å². The molecule has 0 aliphatic carbocycles. The number of hydrogen-bond donors (Lipinski definition) is 3. The molecule has 9 heteroatoms. The van der Waals surface area contributed by atoms with E-state index >= 15 is 0 Å². The van der Waals surface area contributed by atoms with Gasteiger partial charge in [-0.15, -0.1) is 0 Å². The molecule has 0 radical (unpaired) electrons. The first kappa shape index (κ1) is 20.0. The van der Waals surface area contributed by atoms with E-state index in [1.165, 1.54) is 16.8 Å². The monoisotopic (exact) mass is 395 g/mol. The minimum absolute atomic E-state index is 0.135. The van der Waals surface area contributed by atoms with Crippen LogP contribution in [-0.2, 0) is 11.3 Å². The lowest BCUT2D eigenvalue weighted by molar-refractivity contribution is -0.115. The summed E-state index contributed by atoms with van der Waals surface area (Å²) in [5.41, 5.74) is 0.332. The minimum Gasteiger partial charge on any atom is -0.326 e. The first-order valence-electron chi connectivity index (χ1n) is 9.27. The van der Waals surface area contributed by atoms with Crippen molar-refractivity contribution in [2.24, 2.45) is 0 Å². The smallest absolute Gasteiger partial charge is 0.326 e. The fourth-order valence-electron chi connectivity index (χ4n) is 2.85. The third-order valence-corrected chi connectivity index (χ3v) is 4.27. The lowest BCUT2D eigenvalue weighted by Gasteiger charge is -2.10. The summed E-state index contributed by atoms with van der Waals surface area (Å²) in [4.78, 5) is 54.8. The van der Waals surface area contributed by atoms with Gasteiger partial charge in [0.05, 0.1) is 10.9 Å². The summed E-state index contributed by atoms with van der Waals surface area (Å²) >= 11 is 0. The SMILES string of the molecule is CCCn1c(=O)[nH]c(=O)c2cc(C(=O)Nc3cccc(NC(=O)CC)c3)cnc21. The summed E-state index contributed by atoms with van der Waals surface area (Å²) in [5.74, 6) is -0.601. The van der Waals surface area contributed by atoms with Crippen LogP contribution in [0, 0.1) is 0 Å². The molecule has 3 N–H and O–H groups in total. The molecule has 0 bridgehead atoms. The van der Waals surface area contributed by atoms with Crippen molar-refractivity contribution in [1.29, 1.82) is 0 Å². The molecule has 3 aromatic rings. The van der Waals surface area contributed by atoms with Crippen molar-refractivity contribution < 1.29 is 9.59 Å². The number of pyridine rings is 1. The number of nitrogens with zero attached hydrogens (tertiary/aromatic N) is 2. The topological polar surface area (TPSA) is 126 Å². The number of carbonyl (C=O) groups is 2. The van der Waals surface area contributed by atoms with Crippen LogP contribution in [0.1, 0.15) is 37.0 Å². The molecular formula is C20H21N5O4. The van der Waals surface area contributed by atoms with Gasteiger partial charge in [0, 0.05) is 30.5 Å². The van der Waals surface area contributed by atoms with Crippen molar-refractivity contribution >= 4 is 34.2 Å². The number of amides is 2. The average Bonchev–Trinajstić information content (AvgIpc) is 2.71. The molecule has 2 amide bonds. The number of aromatic amines is 1. The Labute approximate surface area is 165 Å². The van der Waals surface area contributed by atoms with Crippen LogP contribution in [0.2, 0.25) is 0 Å². The van der Waals surface area contributed by atoms with Gasteiger partial charge < -0.3 is 10.6 Å². The Kier molecular flexibility index (Phi) is 5.87. The molecule has 0 aliphatic heterocycles. The zero-order valence-electron chi connectivity index (χ0n) is 16.1. The molecule has 0 unspecified atom stereocenters. The molecule has 9 nitrogen and oxygen atoms in total. The summed E-state index contributed by atoms with van der Waals surface area (Å²) in [6.07, 6.45) is 2.36. The largest absolute Gasteiger partial charge is 0.329 e. The van der Waals surface area contributed by atoms with Gasteiger partial charge in [-0.25, -0.2) is 9.78 Å². The van der Waals surface area contributed by atoms with Crippen LogP contribution in [-0.4, -0.2) is 26.3 Å². The predicted octanol–water partition coefficient (Wildman–Crippen LogP) is 2.10. The molecule has 1 aromatic carbocycles. The van der Waals surface area contributed by atoms with Gasteiger partial charge in [0.1, 0.15) is 5.65 Å². The van der Waals surface area contributed by atoms with Crippen molar-refractivity contribution in [1.82, 2.24) is 14.5 Å². The molecule has 29 heavy (non-hydrogen) atoms. The Morgan fingerprint density at radius 1 is 1.10 bits per heavy atom. The first-order chi connectivity index (χ1) is 13.9. The van der Waals surface area contributed by atoms with E-state index in [1.54, 1.807) is 31.2 Å². The minimum atomic E-state index is -0.594. The second-order valence-electron chi connectivity index (χ2n) is 6.44. The van der Waals surface area contributed by atoms with Crippen LogP contribution in [0.5, 0.6) is 0 Å². The maximum Gasteiger partial charge on any atom is 0.329 e. The number of anilines is 2. The Morgan fingerprint density at radius 3 is 2.52 bits per heavy atom. The fraction of sp³-hybridized carbons (Fsp3) is 0.250. The Bertz CT molecular complexity index is 1200. The maximum absolute atomic E-state index is 12.6. The first-order valence-corrected chi connectivity index (χ1v) is 9.27.